The number of unbranched alkanes of at least 4 members (excludes halogenated alkanes) is 2. The SMILES string of the molecule is C=CCOP(O)(=S)OCCCCC.[Zn]. The second-order valence-electron chi connectivity index (χ2n) is 2.59. The molecule has 0 spiro atoms. The molecule has 0 heterocycles. The molecule has 3 nitrogen and oxygen atoms in total. The molecule has 0 bridgehead atoms. The summed E-state index contributed by atoms with van der Waals surface area (Å²) in [6.07, 6.45) is 4.64. The molecule has 0 saturated carbocycles. The van der Waals surface area contributed by atoms with Crippen LogP contribution in [0.3, 0.4) is 0 Å². The van der Waals surface area contributed by atoms with Crippen LogP contribution in [0.15, 0.2) is 12.7 Å². The Morgan fingerprint density at radius 3 is 2.57 bits per heavy atom. The van der Waals surface area contributed by atoms with E-state index in [1.807, 2.05) is 0 Å². The zero-order valence-electron chi connectivity index (χ0n) is 8.65. The molecule has 0 aliphatic rings. The molecule has 80 valence electrons. The maximum Gasteiger partial charge on any atom is 0.324 e. The maximum absolute atomic E-state index is 9.38. The van der Waals surface area contributed by atoms with Crippen LogP contribution >= 0.6 is 6.72 Å². The number of hydrogen-bond acceptors (Lipinski definition) is 3. The fourth-order valence-electron chi connectivity index (χ4n) is 0.716. The summed E-state index contributed by atoms with van der Waals surface area (Å²) in [5.74, 6) is 0. The molecule has 0 aromatic heterocycles. The Balaban J connectivity index is 0. The van der Waals surface area contributed by atoms with E-state index < -0.39 is 6.72 Å². The summed E-state index contributed by atoms with van der Waals surface area (Å²) in [6.45, 7) is 3.28. The monoisotopic (exact) mass is 288 g/mol. The van der Waals surface area contributed by atoms with Gasteiger partial charge in [-0.3, -0.25) is 0 Å². The molecule has 0 aromatic carbocycles. The average Bonchev–Trinajstić information content (AvgIpc) is 2.09. The first-order chi connectivity index (χ1) is 6.12. The molecular formula is C8H17O3PSZn. The van der Waals surface area contributed by atoms with Crippen molar-refractivity contribution in [3.63, 3.8) is 0 Å². The molecule has 0 amide bonds. The van der Waals surface area contributed by atoms with Gasteiger partial charge in [0.2, 0.25) is 0 Å². The second kappa shape index (κ2) is 10.4. The molecule has 0 aliphatic carbocycles. The Kier molecular flexibility index (Phi) is 12.9. The molecule has 14 heavy (non-hydrogen) atoms. The van der Waals surface area contributed by atoms with Crippen molar-refractivity contribution >= 4 is 18.5 Å². The van der Waals surface area contributed by atoms with E-state index in [1.54, 1.807) is 0 Å². The Bertz CT molecular complexity index is 189. The quantitative estimate of drug-likeness (QED) is 0.323. The van der Waals surface area contributed by atoms with Crippen LogP contribution < -0.4 is 0 Å². The van der Waals surface area contributed by atoms with E-state index in [4.69, 9.17) is 20.9 Å². The maximum atomic E-state index is 9.38. The number of hydrogen-bond donors (Lipinski definition) is 1. The van der Waals surface area contributed by atoms with Crippen LogP contribution in [-0.2, 0) is 40.3 Å². The van der Waals surface area contributed by atoms with Gasteiger partial charge in [-0.15, -0.1) is 6.58 Å². The van der Waals surface area contributed by atoms with E-state index in [-0.39, 0.29) is 26.1 Å². The van der Waals surface area contributed by atoms with Gasteiger partial charge in [-0.25, -0.2) is 0 Å². The Morgan fingerprint density at radius 1 is 1.43 bits per heavy atom. The van der Waals surface area contributed by atoms with Crippen LogP contribution in [0.2, 0.25) is 0 Å². The molecule has 1 N–H and O–H groups in total. The van der Waals surface area contributed by atoms with Gasteiger partial charge >= 0.3 is 6.72 Å². The molecule has 0 fully saturated rings. The Morgan fingerprint density at radius 2 is 2.07 bits per heavy atom. The fourth-order valence-corrected chi connectivity index (χ4v) is 1.85. The van der Waals surface area contributed by atoms with Crippen molar-refractivity contribution in [2.75, 3.05) is 13.2 Å². The van der Waals surface area contributed by atoms with E-state index in [0.717, 1.165) is 19.3 Å². The zero-order valence-corrected chi connectivity index (χ0v) is 13.3. The van der Waals surface area contributed by atoms with Gasteiger partial charge < -0.3 is 13.9 Å². The predicted molar refractivity (Wildman–Crippen MR) is 58.1 cm³/mol. The van der Waals surface area contributed by atoms with Gasteiger partial charge in [0.05, 0.1) is 13.2 Å². The normalized spacial score (nSPS) is 14.1. The minimum atomic E-state index is -2.99. The summed E-state index contributed by atoms with van der Waals surface area (Å²) in [6, 6.07) is 0. The first-order valence-corrected chi connectivity index (χ1v) is 6.94. The van der Waals surface area contributed by atoms with Gasteiger partial charge in [0, 0.05) is 19.5 Å². The summed E-state index contributed by atoms with van der Waals surface area (Å²) in [7, 11) is 0. The first-order valence-electron chi connectivity index (χ1n) is 4.35. The van der Waals surface area contributed by atoms with Crippen molar-refractivity contribution in [1.82, 2.24) is 0 Å². The molecule has 0 aromatic rings. The summed E-state index contributed by atoms with van der Waals surface area (Å²) in [4.78, 5) is 9.38. The zero-order chi connectivity index (χ0) is 10.2. The van der Waals surface area contributed by atoms with Crippen molar-refractivity contribution in [2.45, 2.75) is 26.2 Å². The predicted octanol–water partition coefficient (Wildman–Crippen LogP) is 2.61. The van der Waals surface area contributed by atoms with Crippen LogP contribution in [0.5, 0.6) is 0 Å². The van der Waals surface area contributed by atoms with Gasteiger partial charge in [-0.2, -0.15) is 0 Å². The van der Waals surface area contributed by atoms with Gasteiger partial charge in [0.25, 0.3) is 0 Å². The van der Waals surface area contributed by atoms with Crippen molar-refractivity contribution in [3.8, 4) is 0 Å². The summed E-state index contributed by atoms with van der Waals surface area (Å²) < 4.78 is 9.95. The van der Waals surface area contributed by atoms with E-state index in [9.17, 15) is 4.89 Å². The fraction of sp³-hybridized carbons (Fsp3) is 0.750. The molecule has 6 heteroatoms. The second-order valence-corrected chi connectivity index (χ2v) is 5.43. The van der Waals surface area contributed by atoms with Gasteiger partial charge in [-0.05, 0) is 18.2 Å². The molecule has 0 radical (unpaired) electrons. The van der Waals surface area contributed by atoms with Crippen molar-refractivity contribution in [3.05, 3.63) is 12.7 Å². The average molecular weight is 290 g/mol. The minimum absolute atomic E-state index is 0. The van der Waals surface area contributed by atoms with E-state index in [1.165, 1.54) is 6.08 Å². The van der Waals surface area contributed by atoms with Crippen LogP contribution in [-0.4, -0.2) is 18.1 Å². The molecule has 0 aliphatic heterocycles. The Labute approximate surface area is 104 Å². The van der Waals surface area contributed by atoms with E-state index in [0.29, 0.717) is 6.61 Å². The molecule has 1 atom stereocenters. The van der Waals surface area contributed by atoms with Crippen molar-refractivity contribution < 1.29 is 33.4 Å². The van der Waals surface area contributed by atoms with E-state index in [2.05, 4.69) is 13.5 Å². The molecule has 0 saturated heterocycles. The first kappa shape index (κ1) is 17.3. The standard InChI is InChI=1S/C8H17O3PS.Zn/c1-3-5-6-8-11-12(9,13)10-7-4-2;/h4H,2-3,5-8H2,1H3,(H,9,13);. The van der Waals surface area contributed by atoms with Crippen LogP contribution in [0.25, 0.3) is 0 Å². The smallest absolute Gasteiger partial charge is 0.324 e. The summed E-state index contributed by atoms with van der Waals surface area (Å²) >= 11 is 4.73. The third kappa shape index (κ3) is 11.0. The molecule has 0 rings (SSSR count). The number of rotatable bonds is 8. The molecular weight excluding hydrogens is 273 g/mol. The van der Waals surface area contributed by atoms with Crippen molar-refractivity contribution in [2.24, 2.45) is 0 Å². The van der Waals surface area contributed by atoms with Gasteiger partial charge in [-0.1, -0.05) is 25.8 Å². The van der Waals surface area contributed by atoms with Crippen molar-refractivity contribution in [1.29, 1.82) is 0 Å². The summed E-state index contributed by atoms with van der Waals surface area (Å²) in [5.41, 5.74) is 0. The summed E-state index contributed by atoms with van der Waals surface area (Å²) in [5, 5.41) is 0. The Hall–Kier alpha value is 0.893. The van der Waals surface area contributed by atoms with E-state index >= 15 is 0 Å². The van der Waals surface area contributed by atoms with Crippen LogP contribution in [0, 0.1) is 0 Å². The minimum Gasteiger partial charge on any atom is -0.324 e. The van der Waals surface area contributed by atoms with Gasteiger partial charge in [0.1, 0.15) is 0 Å². The van der Waals surface area contributed by atoms with Gasteiger partial charge in [0.15, 0.2) is 0 Å². The topological polar surface area (TPSA) is 38.7 Å². The van der Waals surface area contributed by atoms with Crippen LogP contribution in [0.1, 0.15) is 26.2 Å². The molecule has 1 unspecified atom stereocenters. The third-order valence-electron chi connectivity index (χ3n) is 1.36. The largest absolute Gasteiger partial charge is 0.324 e. The third-order valence-corrected chi connectivity index (χ3v) is 2.97. The van der Waals surface area contributed by atoms with Crippen LogP contribution in [0.4, 0.5) is 0 Å².